The van der Waals surface area contributed by atoms with Crippen molar-refractivity contribution in [3.05, 3.63) is 101 Å². The zero-order valence-corrected chi connectivity index (χ0v) is 21.5. The number of amides is 3. The Labute approximate surface area is 228 Å². The number of carbonyl (C=O) groups excluding carboxylic acids is 3. The summed E-state index contributed by atoms with van der Waals surface area (Å²) < 4.78 is 6.02. The molecule has 11 nitrogen and oxygen atoms in total. The fourth-order valence-electron chi connectivity index (χ4n) is 3.62. The Morgan fingerprint density at radius 1 is 1.00 bits per heavy atom. The van der Waals surface area contributed by atoms with E-state index in [1.807, 2.05) is 30.3 Å². The van der Waals surface area contributed by atoms with Crippen molar-refractivity contribution in [1.82, 2.24) is 25.5 Å². The Morgan fingerprint density at radius 3 is 2.38 bits per heavy atom. The number of halogens is 1. The van der Waals surface area contributed by atoms with Crippen molar-refractivity contribution in [2.75, 3.05) is 17.7 Å². The third-order valence-corrected chi connectivity index (χ3v) is 5.73. The minimum absolute atomic E-state index is 0.265. The molecule has 3 amide bonds. The number of tetrazole rings is 1. The molecule has 0 radical (unpaired) electrons. The molecule has 4 aromatic rings. The molecule has 3 N–H and O–H groups in total. The quantitative estimate of drug-likeness (QED) is 0.271. The molecule has 1 atom stereocenters. The number of rotatable bonds is 9. The van der Waals surface area contributed by atoms with E-state index in [9.17, 15) is 14.4 Å². The molecule has 12 heteroatoms. The largest absolute Gasteiger partial charge is 0.453 e. The molecule has 0 aliphatic heterocycles. The second kappa shape index (κ2) is 13.0. The van der Waals surface area contributed by atoms with E-state index in [-0.39, 0.29) is 6.42 Å². The second-order valence-electron chi connectivity index (χ2n) is 8.22. The summed E-state index contributed by atoms with van der Waals surface area (Å²) in [6.45, 7) is 0. The van der Waals surface area contributed by atoms with Crippen LogP contribution >= 0.6 is 11.6 Å². The number of nitrogens with zero attached hydrogens (tertiary/aromatic N) is 4. The summed E-state index contributed by atoms with van der Waals surface area (Å²) in [5.41, 5.74) is 3.09. The molecule has 3 aromatic carbocycles. The third kappa shape index (κ3) is 7.73. The van der Waals surface area contributed by atoms with Gasteiger partial charge in [-0.05, 0) is 64.5 Å². The monoisotopic (exact) mass is 545 g/mol. The van der Waals surface area contributed by atoms with E-state index in [1.165, 1.54) is 24.2 Å². The number of benzene rings is 3. The van der Waals surface area contributed by atoms with Gasteiger partial charge in [-0.1, -0.05) is 41.9 Å². The molecule has 0 unspecified atom stereocenters. The van der Waals surface area contributed by atoms with E-state index >= 15 is 0 Å². The Balaban J connectivity index is 1.49. The normalized spacial score (nSPS) is 11.5. The van der Waals surface area contributed by atoms with Gasteiger partial charge < -0.3 is 15.4 Å². The van der Waals surface area contributed by atoms with Gasteiger partial charge in [-0.2, -0.15) is 4.68 Å². The zero-order valence-electron chi connectivity index (χ0n) is 20.7. The van der Waals surface area contributed by atoms with Crippen LogP contribution in [0.15, 0.2) is 85.2 Å². The van der Waals surface area contributed by atoms with E-state index < -0.39 is 23.9 Å². The second-order valence-corrected chi connectivity index (χ2v) is 8.66. The van der Waals surface area contributed by atoms with Crippen LogP contribution in [0.25, 0.3) is 11.8 Å². The highest BCUT2D eigenvalue weighted by Gasteiger charge is 2.21. The summed E-state index contributed by atoms with van der Waals surface area (Å²) >= 11 is 6.15. The van der Waals surface area contributed by atoms with Gasteiger partial charge >= 0.3 is 6.09 Å². The smallest absolute Gasteiger partial charge is 0.411 e. The van der Waals surface area contributed by atoms with E-state index in [0.717, 1.165) is 5.56 Å². The number of aromatic nitrogens is 4. The maximum Gasteiger partial charge on any atom is 0.411 e. The molecule has 0 spiro atoms. The predicted octanol–water partition coefficient (Wildman–Crippen LogP) is 3.87. The fourth-order valence-corrected chi connectivity index (χ4v) is 3.80. The van der Waals surface area contributed by atoms with Crippen LogP contribution in [-0.4, -0.2) is 51.3 Å². The average molecular weight is 546 g/mol. The molecular weight excluding hydrogens is 522 g/mol. The molecule has 1 heterocycles. The van der Waals surface area contributed by atoms with Gasteiger partial charge in [0.05, 0.1) is 12.8 Å². The van der Waals surface area contributed by atoms with Crippen LogP contribution in [0.2, 0.25) is 5.02 Å². The minimum Gasteiger partial charge on any atom is -0.453 e. The first-order valence-corrected chi connectivity index (χ1v) is 12.1. The summed E-state index contributed by atoms with van der Waals surface area (Å²) in [6.07, 6.45) is 3.98. The molecule has 0 aliphatic carbocycles. The van der Waals surface area contributed by atoms with Gasteiger partial charge in [-0.3, -0.25) is 14.9 Å². The molecule has 0 aliphatic rings. The third-order valence-electron chi connectivity index (χ3n) is 5.50. The first kappa shape index (κ1) is 27.0. The number of anilines is 2. The Morgan fingerprint density at radius 2 is 1.72 bits per heavy atom. The minimum atomic E-state index is -0.879. The SMILES string of the molecule is COC(=O)Nc1ccc(NC(=O)[C@@H](Cc2ccccc2)NC(=O)C=Cc2cc(Cl)ccc2-n2cnnn2)cc1. The molecule has 0 bridgehead atoms. The predicted molar refractivity (Wildman–Crippen MR) is 146 cm³/mol. The van der Waals surface area contributed by atoms with Crippen LogP contribution in [0.5, 0.6) is 0 Å². The van der Waals surface area contributed by atoms with Crippen LogP contribution in [0.1, 0.15) is 11.1 Å². The number of nitrogens with one attached hydrogen (secondary N) is 3. The summed E-state index contributed by atoms with van der Waals surface area (Å²) in [5, 5.41) is 19.8. The Hall–Kier alpha value is -5.03. The summed E-state index contributed by atoms with van der Waals surface area (Å²) in [5.74, 6) is -0.891. The van der Waals surface area contributed by atoms with Crippen LogP contribution < -0.4 is 16.0 Å². The van der Waals surface area contributed by atoms with Crippen LogP contribution in [0.3, 0.4) is 0 Å². The van der Waals surface area contributed by atoms with Crippen LogP contribution in [-0.2, 0) is 20.7 Å². The van der Waals surface area contributed by atoms with Crippen molar-refractivity contribution >= 4 is 47.0 Å². The van der Waals surface area contributed by atoms with Crippen LogP contribution in [0, 0.1) is 0 Å². The number of hydrogen-bond donors (Lipinski definition) is 3. The Bertz CT molecular complexity index is 1460. The van der Waals surface area contributed by atoms with Crippen molar-refractivity contribution < 1.29 is 19.1 Å². The van der Waals surface area contributed by atoms with Gasteiger partial charge in [0.15, 0.2) is 0 Å². The first-order chi connectivity index (χ1) is 18.9. The number of methoxy groups -OCH3 is 1. The maximum absolute atomic E-state index is 13.2. The standard InChI is InChI=1S/C27H24ClN7O4/c1-39-27(38)31-22-11-9-21(10-12-22)30-26(37)23(15-18-5-3-2-4-6-18)32-25(36)14-7-19-16-20(28)8-13-24(19)35-17-29-33-34-35/h2-14,16-17,23H,15H2,1H3,(H,30,37)(H,31,38)(H,32,36)/t23-/m1/s1. The lowest BCUT2D eigenvalue weighted by atomic mass is 10.0. The maximum atomic E-state index is 13.2. The highest BCUT2D eigenvalue weighted by Crippen LogP contribution is 2.20. The van der Waals surface area contributed by atoms with E-state index in [2.05, 4.69) is 36.2 Å². The fraction of sp³-hybridized carbons (Fsp3) is 0.111. The molecule has 198 valence electrons. The van der Waals surface area contributed by atoms with Crippen molar-refractivity contribution in [3.8, 4) is 5.69 Å². The number of ether oxygens (including phenoxy) is 1. The van der Waals surface area contributed by atoms with Gasteiger partial charge in [0.1, 0.15) is 12.4 Å². The van der Waals surface area contributed by atoms with Gasteiger partial charge in [-0.25, -0.2) is 4.79 Å². The molecule has 39 heavy (non-hydrogen) atoms. The number of carbonyl (C=O) groups is 3. The highest BCUT2D eigenvalue weighted by atomic mass is 35.5. The highest BCUT2D eigenvalue weighted by molar-refractivity contribution is 6.30. The van der Waals surface area contributed by atoms with E-state index in [0.29, 0.717) is 27.6 Å². The molecule has 1 aromatic heterocycles. The van der Waals surface area contributed by atoms with Crippen molar-refractivity contribution in [1.29, 1.82) is 0 Å². The lowest BCUT2D eigenvalue weighted by Crippen LogP contribution is -2.44. The van der Waals surface area contributed by atoms with Gasteiger partial charge in [0.25, 0.3) is 0 Å². The van der Waals surface area contributed by atoms with Crippen molar-refractivity contribution in [2.45, 2.75) is 12.5 Å². The molecular formula is C27H24ClN7O4. The topological polar surface area (TPSA) is 140 Å². The molecule has 4 rings (SSSR count). The average Bonchev–Trinajstić information content (AvgIpc) is 3.48. The van der Waals surface area contributed by atoms with Crippen molar-refractivity contribution in [2.24, 2.45) is 0 Å². The Kier molecular flexibility index (Phi) is 8.99. The van der Waals surface area contributed by atoms with E-state index in [4.69, 9.17) is 11.6 Å². The molecule has 0 saturated carbocycles. The molecule has 0 saturated heterocycles. The summed E-state index contributed by atoms with van der Waals surface area (Å²) in [7, 11) is 1.27. The summed E-state index contributed by atoms with van der Waals surface area (Å²) in [4.78, 5) is 37.5. The summed E-state index contributed by atoms with van der Waals surface area (Å²) in [6, 6.07) is 20.1. The number of hydrogen-bond acceptors (Lipinski definition) is 7. The van der Waals surface area contributed by atoms with Gasteiger partial charge in [0, 0.05) is 34.5 Å². The zero-order chi connectivity index (χ0) is 27.6. The van der Waals surface area contributed by atoms with Crippen molar-refractivity contribution in [3.63, 3.8) is 0 Å². The lowest BCUT2D eigenvalue weighted by Gasteiger charge is -2.18. The molecule has 0 fully saturated rings. The van der Waals surface area contributed by atoms with Gasteiger partial charge in [-0.15, -0.1) is 5.10 Å². The van der Waals surface area contributed by atoms with Gasteiger partial charge in [0.2, 0.25) is 11.8 Å². The van der Waals surface area contributed by atoms with E-state index in [1.54, 1.807) is 48.5 Å². The lowest BCUT2D eigenvalue weighted by molar-refractivity contribution is -0.123. The first-order valence-electron chi connectivity index (χ1n) is 11.7. The van der Waals surface area contributed by atoms with Crippen LogP contribution in [0.4, 0.5) is 16.2 Å².